The van der Waals surface area contributed by atoms with Gasteiger partial charge < -0.3 is 9.84 Å². The quantitative estimate of drug-likeness (QED) is 0.777. The third-order valence-corrected chi connectivity index (χ3v) is 2.99. The number of aliphatic hydroxyl groups excluding tert-OH is 1. The number of hydrogen-bond acceptors (Lipinski definition) is 2. The second-order valence-electron chi connectivity index (χ2n) is 3.75. The first-order valence-electron chi connectivity index (χ1n) is 5.15. The zero-order valence-corrected chi connectivity index (χ0v) is 8.55. The van der Waals surface area contributed by atoms with Crippen LogP contribution in [0.3, 0.4) is 0 Å². The molecule has 2 heteroatoms. The summed E-state index contributed by atoms with van der Waals surface area (Å²) in [5.41, 5.74) is 3.70. The van der Waals surface area contributed by atoms with Crippen LogP contribution in [0, 0.1) is 0 Å². The topological polar surface area (TPSA) is 29.5 Å². The van der Waals surface area contributed by atoms with Crippen LogP contribution in [0.15, 0.2) is 12.1 Å². The standard InChI is InChI=1S/C12H16O2/c1-14-12-7-6-9-4-2-3-5-10(9)11(12)8-13/h6-7,13H,2-5,8H2,1H3. The summed E-state index contributed by atoms with van der Waals surface area (Å²) in [7, 11) is 1.66. The Morgan fingerprint density at radius 2 is 2.07 bits per heavy atom. The zero-order chi connectivity index (χ0) is 9.97. The Hall–Kier alpha value is -1.02. The van der Waals surface area contributed by atoms with Gasteiger partial charge in [-0.1, -0.05) is 6.07 Å². The minimum Gasteiger partial charge on any atom is -0.496 e. The molecule has 0 fully saturated rings. The van der Waals surface area contributed by atoms with Gasteiger partial charge in [0.2, 0.25) is 0 Å². The van der Waals surface area contributed by atoms with Crippen LogP contribution in [0.5, 0.6) is 5.75 Å². The maximum atomic E-state index is 9.33. The molecule has 1 aliphatic rings. The zero-order valence-electron chi connectivity index (χ0n) is 8.55. The fourth-order valence-electron chi connectivity index (χ4n) is 2.25. The van der Waals surface area contributed by atoms with E-state index in [2.05, 4.69) is 6.07 Å². The van der Waals surface area contributed by atoms with E-state index in [0.717, 1.165) is 24.2 Å². The summed E-state index contributed by atoms with van der Waals surface area (Å²) in [5, 5.41) is 9.33. The molecule has 0 radical (unpaired) electrons. The second-order valence-corrected chi connectivity index (χ2v) is 3.75. The molecule has 2 nitrogen and oxygen atoms in total. The van der Waals surface area contributed by atoms with Crippen molar-refractivity contribution in [3.8, 4) is 5.75 Å². The molecule has 0 atom stereocenters. The molecule has 0 saturated carbocycles. The van der Waals surface area contributed by atoms with E-state index in [4.69, 9.17) is 4.74 Å². The highest BCUT2D eigenvalue weighted by Gasteiger charge is 2.15. The smallest absolute Gasteiger partial charge is 0.124 e. The number of aryl methyl sites for hydroxylation is 1. The number of hydrogen-bond donors (Lipinski definition) is 1. The highest BCUT2D eigenvalue weighted by atomic mass is 16.5. The van der Waals surface area contributed by atoms with Crippen molar-refractivity contribution >= 4 is 0 Å². The van der Waals surface area contributed by atoms with Crippen molar-refractivity contribution in [2.45, 2.75) is 32.3 Å². The van der Waals surface area contributed by atoms with Gasteiger partial charge in [0.1, 0.15) is 5.75 Å². The number of ether oxygens (including phenoxy) is 1. The van der Waals surface area contributed by atoms with E-state index in [1.807, 2.05) is 6.07 Å². The Kier molecular flexibility index (Phi) is 2.73. The molecule has 76 valence electrons. The lowest BCUT2D eigenvalue weighted by Gasteiger charge is -2.20. The third kappa shape index (κ3) is 1.50. The van der Waals surface area contributed by atoms with Gasteiger partial charge in [0, 0.05) is 5.56 Å². The average Bonchev–Trinajstić information content (AvgIpc) is 2.27. The van der Waals surface area contributed by atoms with Crippen molar-refractivity contribution in [1.82, 2.24) is 0 Å². The van der Waals surface area contributed by atoms with Crippen molar-refractivity contribution in [2.24, 2.45) is 0 Å². The molecule has 0 heterocycles. The van der Waals surface area contributed by atoms with Crippen LogP contribution in [0.2, 0.25) is 0 Å². The largest absolute Gasteiger partial charge is 0.496 e. The monoisotopic (exact) mass is 192 g/mol. The van der Waals surface area contributed by atoms with Gasteiger partial charge >= 0.3 is 0 Å². The molecule has 0 aliphatic heterocycles. The fraction of sp³-hybridized carbons (Fsp3) is 0.500. The summed E-state index contributed by atoms with van der Waals surface area (Å²) in [6.07, 6.45) is 4.73. The SMILES string of the molecule is COc1ccc2c(c1CO)CCCC2. The van der Waals surface area contributed by atoms with Crippen LogP contribution in [-0.4, -0.2) is 12.2 Å². The molecule has 1 N–H and O–H groups in total. The Morgan fingerprint density at radius 1 is 1.29 bits per heavy atom. The van der Waals surface area contributed by atoms with E-state index in [9.17, 15) is 5.11 Å². The average molecular weight is 192 g/mol. The summed E-state index contributed by atoms with van der Waals surface area (Å²) in [4.78, 5) is 0. The maximum absolute atomic E-state index is 9.33. The summed E-state index contributed by atoms with van der Waals surface area (Å²) >= 11 is 0. The van der Waals surface area contributed by atoms with Gasteiger partial charge in [-0.05, 0) is 42.9 Å². The van der Waals surface area contributed by atoms with Gasteiger partial charge in [-0.2, -0.15) is 0 Å². The Labute approximate surface area is 84.5 Å². The van der Waals surface area contributed by atoms with Crippen molar-refractivity contribution in [1.29, 1.82) is 0 Å². The lowest BCUT2D eigenvalue weighted by Crippen LogP contribution is -2.07. The van der Waals surface area contributed by atoms with E-state index in [0.29, 0.717) is 0 Å². The summed E-state index contributed by atoms with van der Waals surface area (Å²) in [6.45, 7) is 0.0896. The molecule has 0 saturated heterocycles. The molecular weight excluding hydrogens is 176 g/mol. The van der Waals surface area contributed by atoms with Crippen LogP contribution in [0.4, 0.5) is 0 Å². The van der Waals surface area contributed by atoms with E-state index >= 15 is 0 Å². The molecule has 0 bridgehead atoms. The Morgan fingerprint density at radius 3 is 2.79 bits per heavy atom. The highest BCUT2D eigenvalue weighted by molar-refractivity contribution is 5.45. The van der Waals surface area contributed by atoms with Crippen LogP contribution < -0.4 is 4.74 Å². The van der Waals surface area contributed by atoms with E-state index in [1.165, 1.54) is 24.0 Å². The van der Waals surface area contributed by atoms with Gasteiger partial charge in [0.25, 0.3) is 0 Å². The van der Waals surface area contributed by atoms with E-state index in [1.54, 1.807) is 7.11 Å². The lowest BCUT2D eigenvalue weighted by atomic mass is 9.88. The summed E-state index contributed by atoms with van der Waals surface area (Å²) < 4.78 is 5.24. The number of aliphatic hydroxyl groups is 1. The van der Waals surface area contributed by atoms with Crippen LogP contribution in [0.25, 0.3) is 0 Å². The van der Waals surface area contributed by atoms with Crippen LogP contribution in [0.1, 0.15) is 29.5 Å². The van der Waals surface area contributed by atoms with Gasteiger partial charge in [-0.25, -0.2) is 0 Å². The molecular formula is C12H16O2. The predicted octanol–water partition coefficient (Wildman–Crippen LogP) is 2.07. The first-order chi connectivity index (χ1) is 6.86. The molecule has 0 unspecified atom stereocenters. The number of methoxy groups -OCH3 is 1. The minimum absolute atomic E-state index is 0.0896. The Balaban J connectivity index is 2.50. The second kappa shape index (κ2) is 4.01. The minimum atomic E-state index is 0.0896. The normalized spacial score (nSPS) is 15.0. The van der Waals surface area contributed by atoms with Gasteiger partial charge in [0.05, 0.1) is 13.7 Å². The van der Waals surface area contributed by atoms with Crippen molar-refractivity contribution in [2.75, 3.05) is 7.11 Å². The first-order valence-corrected chi connectivity index (χ1v) is 5.15. The molecule has 1 aromatic carbocycles. The molecule has 2 rings (SSSR count). The van der Waals surface area contributed by atoms with Gasteiger partial charge in [-0.3, -0.25) is 0 Å². The number of fused-ring (bicyclic) bond motifs is 1. The third-order valence-electron chi connectivity index (χ3n) is 2.99. The van der Waals surface area contributed by atoms with E-state index < -0.39 is 0 Å². The maximum Gasteiger partial charge on any atom is 0.124 e. The predicted molar refractivity (Wildman–Crippen MR) is 55.6 cm³/mol. The lowest BCUT2D eigenvalue weighted by molar-refractivity contribution is 0.271. The van der Waals surface area contributed by atoms with Gasteiger partial charge in [-0.15, -0.1) is 0 Å². The van der Waals surface area contributed by atoms with Gasteiger partial charge in [0.15, 0.2) is 0 Å². The Bertz CT molecular complexity index is 316. The van der Waals surface area contributed by atoms with E-state index in [-0.39, 0.29) is 6.61 Å². The molecule has 14 heavy (non-hydrogen) atoms. The summed E-state index contributed by atoms with van der Waals surface area (Å²) in [5.74, 6) is 0.827. The summed E-state index contributed by atoms with van der Waals surface area (Å²) in [6, 6.07) is 4.10. The fourth-order valence-corrected chi connectivity index (χ4v) is 2.25. The molecule has 1 aliphatic carbocycles. The molecule has 0 aromatic heterocycles. The molecule has 0 spiro atoms. The highest BCUT2D eigenvalue weighted by Crippen LogP contribution is 2.30. The first kappa shape index (κ1) is 9.53. The number of benzene rings is 1. The van der Waals surface area contributed by atoms with Crippen LogP contribution in [-0.2, 0) is 19.4 Å². The van der Waals surface area contributed by atoms with Crippen molar-refractivity contribution < 1.29 is 9.84 Å². The van der Waals surface area contributed by atoms with Crippen LogP contribution >= 0.6 is 0 Å². The molecule has 1 aromatic rings. The van der Waals surface area contributed by atoms with Crippen molar-refractivity contribution in [3.63, 3.8) is 0 Å². The number of rotatable bonds is 2. The molecule has 0 amide bonds. The van der Waals surface area contributed by atoms with Crippen molar-refractivity contribution in [3.05, 3.63) is 28.8 Å².